The highest BCUT2D eigenvalue weighted by molar-refractivity contribution is 7.80. The molecule has 0 aliphatic carbocycles. The van der Waals surface area contributed by atoms with Gasteiger partial charge in [-0.05, 0) is 17.8 Å². The third-order valence-corrected chi connectivity index (χ3v) is 3.60. The minimum Gasteiger partial charge on any atom is -0.466 e. The zero-order valence-corrected chi connectivity index (χ0v) is 12.8. The fourth-order valence-electron chi connectivity index (χ4n) is 2.11. The fourth-order valence-corrected chi connectivity index (χ4v) is 2.29. The maximum atomic E-state index is 11.2. The molecule has 2 rings (SSSR count). The molecule has 6 N–H and O–H groups in total. The second-order valence-electron chi connectivity index (χ2n) is 5.06. The molecule has 8 nitrogen and oxygen atoms in total. The first-order chi connectivity index (χ1) is 10.9. The van der Waals surface area contributed by atoms with Crippen molar-refractivity contribution in [3.05, 3.63) is 35.9 Å². The number of ether oxygens (including phenoxy) is 2. The number of rotatable bonds is 4. The quantitative estimate of drug-likeness (QED) is 0.412. The van der Waals surface area contributed by atoms with Gasteiger partial charge in [-0.25, -0.2) is 0 Å². The molecule has 1 aromatic rings. The average Bonchev–Trinajstić information content (AvgIpc) is 2.54. The van der Waals surface area contributed by atoms with Gasteiger partial charge in [-0.1, -0.05) is 30.3 Å². The molecule has 1 aliphatic heterocycles. The summed E-state index contributed by atoms with van der Waals surface area (Å²) in [6.45, 7) is 0.194. The van der Waals surface area contributed by atoms with Crippen molar-refractivity contribution in [3.8, 4) is 0 Å². The lowest BCUT2D eigenvalue weighted by molar-refractivity contribution is -0.223. The van der Waals surface area contributed by atoms with Crippen molar-refractivity contribution in [1.82, 2.24) is 5.32 Å². The van der Waals surface area contributed by atoms with E-state index >= 15 is 0 Å². The van der Waals surface area contributed by atoms with Crippen LogP contribution in [0.5, 0.6) is 0 Å². The van der Waals surface area contributed by atoms with Gasteiger partial charge in [0.1, 0.15) is 24.9 Å². The highest BCUT2D eigenvalue weighted by Crippen LogP contribution is 2.20. The SMILES string of the molecule is NC(=O)[C@H]1O[C@@H](NC(=S)OCc2ccccc2)[C@H](O)[C@@H](O)[C@@H]1O. The van der Waals surface area contributed by atoms with E-state index in [1.807, 2.05) is 30.3 Å². The van der Waals surface area contributed by atoms with Gasteiger partial charge in [0.05, 0.1) is 0 Å². The summed E-state index contributed by atoms with van der Waals surface area (Å²) in [5.74, 6) is -0.966. The largest absolute Gasteiger partial charge is 0.466 e. The van der Waals surface area contributed by atoms with Crippen molar-refractivity contribution in [2.75, 3.05) is 0 Å². The van der Waals surface area contributed by atoms with Crippen molar-refractivity contribution in [2.24, 2.45) is 5.73 Å². The van der Waals surface area contributed by atoms with Crippen molar-refractivity contribution in [2.45, 2.75) is 37.3 Å². The van der Waals surface area contributed by atoms with Gasteiger partial charge in [-0.2, -0.15) is 0 Å². The van der Waals surface area contributed by atoms with E-state index in [9.17, 15) is 20.1 Å². The summed E-state index contributed by atoms with van der Waals surface area (Å²) in [4.78, 5) is 11.2. The Morgan fingerprint density at radius 2 is 1.87 bits per heavy atom. The number of primary amides is 1. The Labute approximate surface area is 137 Å². The molecule has 1 amide bonds. The molecule has 1 fully saturated rings. The zero-order valence-electron chi connectivity index (χ0n) is 12.0. The number of hydrogen-bond donors (Lipinski definition) is 5. The van der Waals surface area contributed by atoms with Crippen molar-refractivity contribution in [1.29, 1.82) is 0 Å². The first-order valence-electron chi connectivity index (χ1n) is 6.86. The number of amides is 1. The molecule has 0 unspecified atom stereocenters. The van der Waals surface area contributed by atoms with E-state index in [2.05, 4.69) is 5.32 Å². The minimum absolute atomic E-state index is 0.0929. The highest BCUT2D eigenvalue weighted by Gasteiger charge is 2.46. The number of thiocarbonyl (C=S) groups is 1. The number of carbonyl (C=O) groups is 1. The smallest absolute Gasteiger partial charge is 0.259 e. The molecule has 126 valence electrons. The summed E-state index contributed by atoms with van der Waals surface area (Å²) in [6, 6.07) is 9.25. The van der Waals surface area contributed by atoms with Gasteiger partial charge in [0.2, 0.25) is 5.91 Å². The molecule has 0 saturated carbocycles. The normalized spacial score (nSPS) is 30.5. The monoisotopic (exact) mass is 342 g/mol. The lowest BCUT2D eigenvalue weighted by atomic mass is 9.98. The van der Waals surface area contributed by atoms with Crippen LogP contribution in [0.1, 0.15) is 5.56 Å². The minimum atomic E-state index is -1.63. The van der Waals surface area contributed by atoms with E-state index in [0.29, 0.717) is 0 Å². The molecule has 9 heteroatoms. The van der Waals surface area contributed by atoms with Gasteiger partial charge >= 0.3 is 0 Å². The second kappa shape index (κ2) is 7.66. The van der Waals surface area contributed by atoms with Gasteiger partial charge in [0, 0.05) is 0 Å². The van der Waals surface area contributed by atoms with Gasteiger partial charge in [0.25, 0.3) is 5.17 Å². The van der Waals surface area contributed by atoms with E-state index in [4.69, 9.17) is 27.4 Å². The number of nitrogens with one attached hydrogen (secondary N) is 1. The predicted octanol–water partition coefficient (Wildman–Crippen LogP) is -1.63. The van der Waals surface area contributed by atoms with Gasteiger partial charge in [0.15, 0.2) is 12.3 Å². The maximum absolute atomic E-state index is 11.2. The van der Waals surface area contributed by atoms with E-state index < -0.39 is 36.6 Å². The first-order valence-corrected chi connectivity index (χ1v) is 7.27. The van der Waals surface area contributed by atoms with Gasteiger partial charge in [-0.15, -0.1) is 0 Å². The van der Waals surface area contributed by atoms with Crippen LogP contribution in [0.25, 0.3) is 0 Å². The lowest BCUT2D eigenvalue weighted by Gasteiger charge is -2.39. The molecule has 1 aromatic carbocycles. The Bertz CT molecular complexity index is 557. The Hall–Kier alpha value is -1.78. The van der Waals surface area contributed by atoms with E-state index in [1.165, 1.54) is 0 Å². The summed E-state index contributed by atoms with van der Waals surface area (Å²) in [5.41, 5.74) is 5.97. The van der Waals surface area contributed by atoms with E-state index in [1.54, 1.807) is 0 Å². The summed E-state index contributed by atoms with van der Waals surface area (Å²) in [6.07, 6.45) is -7.47. The van der Waals surface area contributed by atoms with Gasteiger partial charge in [-0.3, -0.25) is 4.79 Å². The number of carbonyl (C=O) groups excluding carboxylic acids is 1. The highest BCUT2D eigenvalue weighted by atomic mass is 32.1. The Balaban J connectivity index is 1.92. The Morgan fingerprint density at radius 3 is 2.48 bits per heavy atom. The van der Waals surface area contributed by atoms with E-state index in [0.717, 1.165) is 5.56 Å². The summed E-state index contributed by atoms with van der Waals surface area (Å²) in [7, 11) is 0. The number of nitrogens with two attached hydrogens (primary N) is 1. The maximum Gasteiger partial charge on any atom is 0.259 e. The number of benzene rings is 1. The van der Waals surface area contributed by atoms with Crippen molar-refractivity contribution >= 4 is 23.3 Å². The molecule has 0 spiro atoms. The fraction of sp³-hybridized carbons (Fsp3) is 0.429. The molecule has 23 heavy (non-hydrogen) atoms. The lowest BCUT2D eigenvalue weighted by Crippen LogP contribution is -2.64. The second-order valence-corrected chi connectivity index (χ2v) is 5.43. The first kappa shape index (κ1) is 17.6. The summed E-state index contributed by atoms with van der Waals surface area (Å²) in [5, 5.41) is 31.7. The van der Waals surface area contributed by atoms with Gasteiger partial charge < -0.3 is 35.8 Å². The van der Waals surface area contributed by atoms with Crippen LogP contribution in [0.4, 0.5) is 0 Å². The predicted molar refractivity (Wildman–Crippen MR) is 82.8 cm³/mol. The van der Waals surface area contributed by atoms with Crippen molar-refractivity contribution in [3.63, 3.8) is 0 Å². The summed E-state index contributed by atoms with van der Waals surface area (Å²) >= 11 is 4.97. The number of aliphatic hydroxyl groups excluding tert-OH is 3. The molecule has 5 atom stereocenters. The third-order valence-electron chi connectivity index (χ3n) is 3.37. The van der Waals surface area contributed by atoms with Crippen LogP contribution in [0, 0.1) is 0 Å². The molecule has 1 aliphatic rings. The topological polar surface area (TPSA) is 134 Å². The standard InChI is InChI=1S/C14H18N2O6S/c15-12(20)11-9(18)8(17)10(19)13(22-11)16-14(23)21-6-7-4-2-1-3-5-7/h1-5,8-11,13,17-19H,6H2,(H2,15,20)(H,16,23)/t8-,9-,10+,11-,13+/m0/s1. The molecule has 0 aromatic heterocycles. The summed E-state index contributed by atoms with van der Waals surface area (Å²) < 4.78 is 10.5. The Morgan fingerprint density at radius 1 is 1.22 bits per heavy atom. The van der Waals surface area contributed by atoms with Crippen LogP contribution in [0.15, 0.2) is 30.3 Å². The van der Waals surface area contributed by atoms with Crippen molar-refractivity contribution < 1.29 is 29.6 Å². The van der Waals surface area contributed by atoms with E-state index in [-0.39, 0.29) is 11.8 Å². The molecule has 1 heterocycles. The van der Waals surface area contributed by atoms with Crippen LogP contribution >= 0.6 is 12.2 Å². The van der Waals surface area contributed by atoms with Crippen LogP contribution in [-0.4, -0.2) is 57.0 Å². The zero-order chi connectivity index (χ0) is 17.0. The number of aliphatic hydroxyl groups is 3. The number of hydrogen-bond acceptors (Lipinski definition) is 7. The molecular formula is C14H18N2O6S. The van der Waals surface area contributed by atoms with Crippen LogP contribution in [0.2, 0.25) is 0 Å². The molecule has 1 saturated heterocycles. The molecule has 0 bridgehead atoms. The van der Waals surface area contributed by atoms with Crippen LogP contribution in [-0.2, 0) is 20.9 Å². The Kier molecular flexibility index (Phi) is 5.85. The average molecular weight is 342 g/mol. The molecule has 0 radical (unpaired) electrons. The third kappa shape index (κ3) is 4.36. The molecular weight excluding hydrogens is 324 g/mol. The van der Waals surface area contributed by atoms with Crippen LogP contribution in [0.3, 0.4) is 0 Å². The van der Waals surface area contributed by atoms with Crippen LogP contribution < -0.4 is 11.1 Å².